The molecule has 4 heteroatoms. The lowest BCUT2D eigenvalue weighted by Gasteiger charge is -2.42. The van der Waals surface area contributed by atoms with E-state index in [-0.39, 0.29) is 23.8 Å². The molecule has 2 aromatic rings. The molecule has 0 radical (unpaired) electrons. The molecular formula is C20H22N2O2. The SMILES string of the molecule is C[C@H]1C(=O)N(c2cccc3ccccc23)CCN1C(=O)C1CCC1. The molecule has 4 nitrogen and oxygen atoms in total. The smallest absolute Gasteiger partial charge is 0.249 e. The van der Waals surface area contributed by atoms with Crippen molar-refractivity contribution < 1.29 is 9.59 Å². The van der Waals surface area contributed by atoms with Gasteiger partial charge in [0.25, 0.3) is 0 Å². The molecule has 24 heavy (non-hydrogen) atoms. The molecule has 0 bridgehead atoms. The highest BCUT2D eigenvalue weighted by atomic mass is 16.2. The van der Waals surface area contributed by atoms with E-state index in [1.807, 2.05) is 36.1 Å². The summed E-state index contributed by atoms with van der Waals surface area (Å²) in [7, 11) is 0. The van der Waals surface area contributed by atoms with Crippen molar-refractivity contribution in [3.8, 4) is 0 Å². The molecule has 0 aromatic heterocycles. The van der Waals surface area contributed by atoms with E-state index < -0.39 is 0 Å². The molecule has 0 spiro atoms. The van der Waals surface area contributed by atoms with Crippen molar-refractivity contribution in [3.63, 3.8) is 0 Å². The van der Waals surface area contributed by atoms with Crippen molar-refractivity contribution in [2.24, 2.45) is 5.92 Å². The van der Waals surface area contributed by atoms with Gasteiger partial charge in [-0.25, -0.2) is 0 Å². The summed E-state index contributed by atoms with van der Waals surface area (Å²) < 4.78 is 0. The highest BCUT2D eigenvalue weighted by Crippen LogP contribution is 2.32. The minimum atomic E-state index is -0.384. The van der Waals surface area contributed by atoms with E-state index >= 15 is 0 Å². The van der Waals surface area contributed by atoms with E-state index in [1.54, 1.807) is 4.90 Å². The Morgan fingerprint density at radius 3 is 2.54 bits per heavy atom. The lowest BCUT2D eigenvalue weighted by atomic mass is 9.84. The van der Waals surface area contributed by atoms with Crippen LogP contribution in [0.25, 0.3) is 10.8 Å². The predicted molar refractivity (Wildman–Crippen MR) is 94.8 cm³/mol. The fraction of sp³-hybridized carbons (Fsp3) is 0.400. The van der Waals surface area contributed by atoms with E-state index in [1.165, 1.54) is 0 Å². The zero-order valence-corrected chi connectivity index (χ0v) is 13.9. The average Bonchev–Trinajstić information content (AvgIpc) is 2.55. The highest BCUT2D eigenvalue weighted by Gasteiger charge is 2.39. The van der Waals surface area contributed by atoms with Crippen molar-refractivity contribution in [2.75, 3.05) is 18.0 Å². The number of anilines is 1. The van der Waals surface area contributed by atoms with Gasteiger partial charge < -0.3 is 9.80 Å². The Morgan fingerprint density at radius 2 is 1.79 bits per heavy atom. The monoisotopic (exact) mass is 322 g/mol. The van der Waals surface area contributed by atoms with Crippen molar-refractivity contribution in [3.05, 3.63) is 42.5 Å². The van der Waals surface area contributed by atoms with Crippen LogP contribution >= 0.6 is 0 Å². The molecule has 1 aliphatic carbocycles. The van der Waals surface area contributed by atoms with Crippen molar-refractivity contribution in [2.45, 2.75) is 32.2 Å². The summed E-state index contributed by atoms with van der Waals surface area (Å²) >= 11 is 0. The standard InChI is InChI=1S/C20H22N2O2/c1-14-19(23)22(13-12-21(14)20(24)16-8-4-9-16)18-11-5-7-15-6-2-3-10-17(15)18/h2-3,5-7,10-11,14,16H,4,8-9,12-13H2,1H3/t14-/m0/s1. The molecule has 1 saturated carbocycles. The number of rotatable bonds is 2. The summed E-state index contributed by atoms with van der Waals surface area (Å²) in [5, 5.41) is 2.21. The summed E-state index contributed by atoms with van der Waals surface area (Å²) in [6.07, 6.45) is 3.08. The van der Waals surface area contributed by atoms with E-state index in [0.29, 0.717) is 13.1 Å². The topological polar surface area (TPSA) is 40.6 Å². The number of amides is 2. The molecule has 1 saturated heterocycles. The first-order valence-electron chi connectivity index (χ1n) is 8.76. The number of piperazine rings is 1. The number of carbonyl (C=O) groups is 2. The van der Waals surface area contributed by atoms with Crippen LogP contribution < -0.4 is 4.90 Å². The Balaban J connectivity index is 1.62. The Hall–Kier alpha value is -2.36. The summed E-state index contributed by atoms with van der Waals surface area (Å²) in [6.45, 7) is 3.04. The van der Waals surface area contributed by atoms with E-state index in [9.17, 15) is 9.59 Å². The van der Waals surface area contributed by atoms with Crippen LogP contribution in [-0.4, -0.2) is 35.8 Å². The van der Waals surface area contributed by atoms with Crippen molar-refractivity contribution in [1.82, 2.24) is 4.90 Å². The summed E-state index contributed by atoms with van der Waals surface area (Å²) in [5.74, 6) is 0.328. The average molecular weight is 322 g/mol. The van der Waals surface area contributed by atoms with E-state index in [0.717, 1.165) is 35.7 Å². The van der Waals surface area contributed by atoms with Gasteiger partial charge in [-0.05, 0) is 31.2 Å². The maximum Gasteiger partial charge on any atom is 0.249 e. The molecule has 2 aliphatic rings. The number of carbonyl (C=O) groups excluding carboxylic acids is 2. The third kappa shape index (κ3) is 2.37. The number of benzene rings is 2. The Kier molecular flexibility index (Phi) is 3.75. The van der Waals surface area contributed by atoms with Gasteiger partial charge in [-0.3, -0.25) is 9.59 Å². The molecule has 0 unspecified atom stereocenters. The first kappa shape index (κ1) is 15.2. The molecule has 2 fully saturated rings. The van der Waals surface area contributed by atoms with Crippen molar-refractivity contribution >= 4 is 28.3 Å². The van der Waals surface area contributed by atoms with Gasteiger partial charge in [-0.1, -0.05) is 42.8 Å². The predicted octanol–water partition coefficient (Wildman–Crippen LogP) is 3.20. The van der Waals surface area contributed by atoms with Crippen LogP contribution in [0.1, 0.15) is 26.2 Å². The second-order valence-electron chi connectivity index (χ2n) is 6.82. The highest BCUT2D eigenvalue weighted by molar-refractivity contribution is 6.07. The Labute approximate surface area is 142 Å². The van der Waals surface area contributed by atoms with Crippen LogP contribution in [0, 0.1) is 5.92 Å². The Bertz CT molecular complexity index is 792. The first-order chi connectivity index (χ1) is 11.7. The molecule has 0 N–H and O–H groups in total. The Morgan fingerprint density at radius 1 is 1.04 bits per heavy atom. The maximum absolute atomic E-state index is 12.9. The molecular weight excluding hydrogens is 300 g/mol. The molecule has 1 aliphatic heterocycles. The summed E-state index contributed by atoms with van der Waals surface area (Å²) in [4.78, 5) is 29.1. The van der Waals surface area contributed by atoms with Crippen molar-refractivity contribution in [1.29, 1.82) is 0 Å². The number of fused-ring (bicyclic) bond motifs is 1. The van der Waals surface area contributed by atoms with Crippen LogP contribution in [0.4, 0.5) is 5.69 Å². The molecule has 4 rings (SSSR count). The quantitative estimate of drug-likeness (QED) is 0.852. The van der Waals surface area contributed by atoms with Crippen LogP contribution in [0.15, 0.2) is 42.5 Å². The lowest BCUT2D eigenvalue weighted by Crippen LogP contribution is -2.59. The van der Waals surface area contributed by atoms with Gasteiger partial charge in [-0.15, -0.1) is 0 Å². The second-order valence-corrected chi connectivity index (χ2v) is 6.82. The number of hydrogen-bond donors (Lipinski definition) is 0. The fourth-order valence-electron chi connectivity index (χ4n) is 3.74. The zero-order valence-electron chi connectivity index (χ0n) is 13.9. The van der Waals surface area contributed by atoms with Gasteiger partial charge in [0.1, 0.15) is 6.04 Å². The van der Waals surface area contributed by atoms with Crippen LogP contribution in [0.5, 0.6) is 0 Å². The van der Waals surface area contributed by atoms with E-state index in [2.05, 4.69) is 18.2 Å². The van der Waals surface area contributed by atoms with Gasteiger partial charge in [0.2, 0.25) is 11.8 Å². The molecule has 1 atom stereocenters. The maximum atomic E-state index is 12.9. The summed E-state index contributed by atoms with van der Waals surface area (Å²) in [6, 6.07) is 13.8. The second kappa shape index (κ2) is 5.93. The van der Waals surface area contributed by atoms with Crippen LogP contribution in [-0.2, 0) is 9.59 Å². The minimum absolute atomic E-state index is 0.0188. The van der Waals surface area contributed by atoms with E-state index in [4.69, 9.17) is 0 Å². The summed E-state index contributed by atoms with van der Waals surface area (Å²) in [5.41, 5.74) is 0.945. The normalized spacial score (nSPS) is 21.9. The van der Waals surface area contributed by atoms with Gasteiger partial charge in [0.15, 0.2) is 0 Å². The lowest BCUT2D eigenvalue weighted by molar-refractivity contribution is -0.146. The molecule has 124 valence electrons. The zero-order chi connectivity index (χ0) is 16.7. The number of nitrogens with zero attached hydrogens (tertiary/aromatic N) is 2. The largest absolute Gasteiger partial charge is 0.329 e. The first-order valence-corrected chi connectivity index (χ1v) is 8.76. The molecule has 2 aromatic carbocycles. The van der Waals surface area contributed by atoms with Gasteiger partial charge in [-0.2, -0.15) is 0 Å². The fourth-order valence-corrected chi connectivity index (χ4v) is 3.74. The molecule has 2 amide bonds. The third-order valence-electron chi connectivity index (χ3n) is 5.45. The third-order valence-corrected chi connectivity index (χ3v) is 5.45. The van der Waals surface area contributed by atoms with Gasteiger partial charge in [0, 0.05) is 24.4 Å². The van der Waals surface area contributed by atoms with Gasteiger partial charge in [0.05, 0.1) is 5.69 Å². The van der Waals surface area contributed by atoms with Crippen LogP contribution in [0.2, 0.25) is 0 Å². The minimum Gasteiger partial charge on any atom is -0.329 e. The molecule has 1 heterocycles. The van der Waals surface area contributed by atoms with Crippen LogP contribution in [0.3, 0.4) is 0 Å². The number of hydrogen-bond acceptors (Lipinski definition) is 2. The van der Waals surface area contributed by atoms with Gasteiger partial charge >= 0.3 is 0 Å².